The van der Waals surface area contributed by atoms with E-state index in [0.29, 0.717) is 5.82 Å². The summed E-state index contributed by atoms with van der Waals surface area (Å²) in [6.07, 6.45) is 3.38. The Morgan fingerprint density at radius 2 is 1.84 bits per heavy atom. The largest absolute Gasteiger partial charge is 0.456 e. The molecule has 3 aliphatic rings. The Labute approximate surface area is 184 Å². The lowest BCUT2D eigenvalue weighted by Crippen LogP contribution is -2.45. The van der Waals surface area contributed by atoms with Gasteiger partial charge >= 0.3 is 0 Å². The smallest absolute Gasteiger partial charge is 0.254 e. The van der Waals surface area contributed by atoms with Crippen LogP contribution in [-0.4, -0.2) is 49.8 Å². The lowest BCUT2D eigenvalue weighted by molar-refractivity contribution is -0.135. The summed E-state index contributed by atoms with van der Waals surface area (Å²) in [6.45, 7) is -0.919. The van der Waals surface area contributed by atoms with Gasteiger partial charge in [0, 0.05) is 35.8 Å². The molecule has 1 amide bonds. The van der Waals surface area contributed by atoms with Gasteiger partial charge in [-0.3, -0.25) is 4.79 Å². The van der Waals surface area contributed by atoms with Crippen LogP contribution in [-0.2, 0) is 11.8 Å². The Bertz CT molecular complexity index is 1250. The van der Waals surface area contributed by atoms with E-state index in [9.17, 15) is 9.18 Å². The normalized spacial score (nSPS) is 21.2. The number of amides is 1. The van der Waals surface area contributed by atoms with Gasteiger partial charge in [-0.1, -0.05) is 29.8 Å². The number of nitrogens with zero attached hydrogens (tertiary/aromatic N) is 5. The van der Waals surface area contributed by atoms with Crippen molar-refractivity contribution in [2.75, 3.05) is 6.67 Å². The number of fused-ring (bicyclic) bond motifs is 4. The number of ether oxygens (including phenoxy) is 1. The maximum atomic E-state index is 13.1. The molecule has 2 fully saturated rings. The molecule has 2 unspecified atom stereocenters. The van der Waals surface area contributed by atoms with E-state index < -0.39 is 6.67 Å². The molecule has 32 heavy (non-hydrogen) atoms. The lowest BCUT2D eigenvalue weighted by atomic mass is 9.83. The second-order valence-corrected chi connectivity index (χ2v) is 8.64. The number of hydrogen-bond acceptors (Lipinski definition) is 5. The van der Waals surface area contributed by atoms with Crippen molar-refractivity contribution >= 4 is 11.5 Å². The average Bonchev–Trinajstić information content (AvgIpc) is 3.36. The zero-order valence-electron chi connectivity index (χ0n) is 17.7. The first-order valence-electron chi connectivity index (χ1n) is 10.9. The van der Waals surface area contributed by atoms with Crippen molar-refractivity contribution in [1.29, 1.82) is 0 Å². The Morgan fingerprint density at radius 1 is 1.09 bits per heavy atom. The second kappa shape index (κ2) is 7.25. The molecule has 0 spiro atoms. The zero-order valence-corrected chi connectivity index (χ0v) is 17.7. The van der Waals surface area contributed by atoms with E-state index in [0.717, 1.165) is 53.9 Å². The predicted octanol–water partition coefficient (Wildman–Crippen LogP) is 3.91. The third kappa shape index (κ3) is 2.86. The van der Waals surface area contributed by atoms with E-state index in [2.05, 4.69) is 27.7 Å². The van der Waals surface area contributed by atoms with Gasteiger partial charge in [0.2, 0.25) is 0 Å². The molecule has 7 nitrogen and oxygen atoms in total. The number of para-hydroxylation sites is 1. The number of benzene rings is 2. The second-order valence-electron chi connectivity index (χ2n) is 8.64. The SMILES string of the molecule is Cn1nnnc1-c1ccc2c(c1)Oc1ccccc1C2=C1CC2CCC(C1)N2C(=O)CF. The number of rotatable bonds is 2. The van der Waals surface area contributed by atoms with Crippen LogP contribution in [0, 0.1) is 0 Å². The fourth-order valence-corrected chi connectivity index (χ4v) is 5.53. The number of aromatic nitrogens is 4. The van der Waals surface area contributed by atoms with Gasteiger partial charge in [-0.05, 0) is 59.9 Å². The van der Waals surface area contributed by atoms with Crippen LogP contribution in [0.3, 0.4) is 0 Å². The van der Waals surface area contributed by atoms with Gasteiger partial charge in [0.15, 0.2) is 12.5 Å². The maximum Gasteiger partial charge on any atom is 0.254 e. The first kappa shape index (κ1) is 19.2. The minimum atomic E-state index is -0.919. The number of piperidine rings is 1. The van der Waals surface area contributed by atoms with Crippen LogP contribution in [0.15, 0.2) is 48.0 Å². The van der Waals surface area contributed by atoms with Gasteiger partial charge in [-0.2, -0.15) is 0 Å². The number of aryl methyl sites for hydroxylation is 1. The Balaban J connectivity index is 1.48. The van der Waals surface area contributed by atoms with Crippen LogP contribution in [0.1, 0.15) is 36.8 Å². The molecule has 2 saturated heterocycles. The highest BCUT2D eigenvalue weighted by Gasteiger charge is 2.42. The lowest BCUT2D eigenvalue weighted by Gasteiger charge is -2.37. The van der Waals surface area contributed by atoms with Crippen LogP contribution in [0.25, 0.3) is 17.0 Å². The van der Waals surface area contributed by atoms with E-state index in [4.69, 9.17) is 4.74 Å². The molecule has 2 atom stereocenters. The van der Waals surface area contributed by atoms with E-state index in [1.807, 2.05) is 30.3 Å². The molecule has 0 saturated carbocycles. The fraction of sp³-hybridized carbons (Fsp3) is 0.333. The zero-order chi connectivity index (χ0) is 21.8. The van der Waals surface area contributed by atoms with Gasteiger partial charge in [-0.25, -0.2) is 9.07 Å². The Hall–Kier alpha value is -3.55. The molecule has 6 rings (SSSR count). The Kier molecular flexibility index (Phi) is 4.34. The minimum absolute atomic E-state index is 0.0712. The van der Waals surface area contributed by atoms with E-state index >= 15 is 0 Å². The van der Waals surface area contributed by atoms with Crippen molar-refractivity contribution in [3.8, 4) is 22.9 Å². The molecule has 2 bridgehead atoms. The third-order valence-electron chi connectivity index (χ3n) is 6.85. The summed E-state index contributed by atoms with van der Waals surface area (Å²) in [4.78, 5) is 14.0. The highest BCUT2D eigenvalue weighted by molar-refractivity contribution is 5.91. The van der Waals surface area contributed by atoms with Gasteiger partial charge < -0.3 is 9.64 Å². The molecule has 1 aromatic heterocycles. The summed E-state index contributed by atoms with van der Waals surface area (Å²) in [6, 6.07) is 14.3. The molecule has 0 N–H and O–H groups in total. The monoisotopic (exact) mass is 431 g/mol. The summed E-state index contributed by atoms with van der Waals surface area (Å²) >= 11 is 0. The predicted molar refractivity (Wildman–Crippen MR) is 116 cm³/mol. The van der Waals surface area contributed by atoms with Crippen molar-refractivity contribution in [2.45, 2.75) is 37.8 Å². The van der Waals surface area contributed by atoms with Gasteiger partial charge in [-0.15, -0.1) is 5.10 Å². The highest BCUT2D eigenvalue weighted by Crippen LogP contribution is 2.50. The first-order chi connectivity index (χ1) is 15.6. The summed E-state index contributed by atoms with van der Waals surface area (Å²) in [5, 5.41) is 11.8. The van der Waals surface area contributed by atoms with Crippen molar-refractivity contribution in [3.63, 3.8) is 0 Å². The van der Waals surface area contributed by atoms with E-state index in [-0.39, 0.29) is 18.0 Å². The van der Waals surface area contributed by atoms with Crippen molar-refractivity contribution in [1.82, 2.24) is 25.1 Å². The number of tetrazole rings is 1. The van der Waals surface area contributed by atoms with Crippen LogP contribution >= 0.6 is 0 Å². The first-order valence-corrected chi connectivity index (χ1v) is 10.9. The average molecular weight is 431 g/mol. The number of carbonyl (C=O) groups is 1. The maximum absolute atomic E-state index is 13.1. The van der Waals surface area contributed by atoms with Crippen molar-refractivity contribution in [3.05, 3.63) is 59.2 Å². The standard InChI is InChI=1S/C24H22FN5O2/c1-29-24(26-27-28-29)14-6-9-19-21(12-14)32-20-5-3-2-4-18(20)23(19)15-10-16-7-8-17(11-15)30(16)22(31)13-25/h2-6,9,12,16-17H,7-8,10-11,13H2,1H3. The van der Waals surface area contributed by atoms with E-state index in [1.165, 1.54) is 11.1 Å². The minimum Gasteiger partial charge on any atom is -0.456 e. The molecular formula is C24H22FN5O2. The summed E-state index contributed by atoms with van der Waals surface area (Å²) in [5.74, 6) is 1.86. The van der Waals surface area contributed by atoms with Crippen LogP contribution < -0.4 is 4.74 Å². The number of alkyl halides is 1. The number of carbonyl (C=O) groups excluding carboxylic acids is 1. The molecule has 3 aliphatic heterocycles. The van der Waals surface area contributed by atoms with E-state index in [1.54, 1.807) is 16.6 Å². The molecule has 2 aromatic carbocycles. The molecule has 4 heterocycles. The van der Waals surface area contributed by atoms with Crippen LogP contribution in [0.2, 0.25) is 0 Å². The molecule has 8 heteroatoms. The van der Waals surface area contributed by atoms with Crippen molar-refractivity contribution < 1.29 is 13.9 Å². The fourth-order valence-electron chi connectivity index (χ4n) is 5.53. The number of hydrogen-bond donors (Lipinski definition) is 0. The van der Waals surface area contributed by atoms with Crippen LogP contribution in [0.5, 0.6) is 11.5 Å². The van der Waals surface area contributed by atoms with Crippen molar-refractivity contribution in [2.24, 2.45) is 7.05 Å². The molecular weight excluding hydrogens is 409 g/mol. The molecule has 3 aromatic rings. The summed E-state index contributed by atoms with van der Waals surface area (Å²) < 4.78 is 21.1. The quantitative estimate of drug-likeness (QED) is 0.481. The topological polar surface area (TPSA) is 73.1 Å². The summed E-state index contributed by atoms with van der Waals surface area (Å²) in [5.41, 5.74) is 5.46. The molecule has 0 aliphatic carbocycles. The summed E-state index contributed by atoms with van der Waals surface area (Å²) in [7, 11) is 1.81. The van der Waals surface area contributed by atoms with Gasteiger partial charge in [0.25, 0.3) is 5.91 Å². The van der Waals surface area contributed by atoms with Crippen LogP contribution in [0.4, 0.5) is 4.39 Å². The molecule has 162 valence electrons. The third-order valence-corrected chi connectivity index (χ3v) is 6.85. The molecule has 0 radical (unpaired) electrons. The van der Waals surface area contributed by atoms with Gasteiger partial charge in [0.05, 0.1) is 0 Å². The van der Waals surface area contributed by atoms with Gasteiger partial charge in [0.1, 0.15) is 11.5 Å². The highest BCUT2D eigenvalue weighted by atomic mass is 19.1. The Morgan fingerprint density at radius 3 is 2.56 bits per heavy atom. The number of halogens is 1.